The van der Waals surface area contributed by atoms with Crippen molar-refractivity contribution in [3.8, 4) is 22.4 Å². The number of nitrogens with zero attached hydrogens (tertiary/aromatic N) is 3. The fraction of sp³-hybridized carbons (Fsp3) is 0.0270. The number of hydrogen-bond donors (Lipinski definition) is 0. The van der Waals surface area contributed by atoms with Gasteiger partial charge in [0.2, 0.25) is 0 Å². The summed E-state index contributed by atoms with van der Waals surface area (Å²) in [6, 6.07) is 40.4. The normalized spacial score (nSPS) is 12.5. The van der Waals surface area contributed by atoms with Crippen LogP contribution < -0.4 is 4.90 Å². The third-order valence-corrected chi connectivity index (χ3v) is 8.40. The molecule has 4 heteroatoms. The van der Waals surface area contributed by atoms with Crippen molar-refractivity contribution < 1.29 is 4.42 Å². The SMILES string of the molecule is Cc1c(N2c3c(ccc4ccccc34)-c3cccc4cccc2c34)nc2c(oc3ccccc32)c1-c1ccccn1. The Morgan fingerprint density at radius 3 is 2.32 bits per heavy atom. The molecule has 1 aliphatic heterocycles. The molecule has 5 aromatic carbocycles. The lowest BCUT2D eigenvalue weighted by Crippen LogP contribution is -2.18. The lowest BCUT2D eigenvalue weighted by atomic mass is 9.88. The van der Waals surface area contributed by atoms with Crippen molar-refractivity contribution >= 4 is 60.8 Å². The van der Waals surface area contributed by atoms with Gasteiger partial charge in [-0.3, -0.25) is 9.88 Å². The molecule has 4 heterocycles. The first kappa shape index (κ1) is 22.3. The van der Waals surface area contributed by atoms with Crippen LogP contribution in [0.4, 0.5) is 17.2 Å². The van der Waals surface area contributed by atoms with E-state index in [2.05, 4.69) is 90.7 Å². The quantitative estimate of drug-likeness (QED) is 0.225. The van der Waals surface area contributed by atoms with Gasteiger partial charge in [-0.25, -0.2) is 4.98 Å². The molecule has 0 N–H and O–H groups in total. The van der Waals surface area contributed by atoms with E-state index in [9.17, 15) is 0 Å². The number of rotatable bonds is 2. The van der Waals surface area contributed by atoms with Gasteiger partial charge < -0.3 is 4.42 Å². The van der Waals surface area contributed by atoms with E-state index < -0.39 is 0 Å². The molecule has 0 saturated carbocycles. The summed E-state index contributed by atoms with van der Waals surface area (Å²) in [6.07, 6.45) is 1.84. The highest BCUT2D eigenvalue weighted by atomic mass is 16.3. The van der Waals surface area contributed by atoms with E-state index in [-0.39, 0.29) is 0 Å². The number of anilines is 3. The Kier molecular flexibility index (Phi) is 4.50. The van der Waals surface area contributed by atoms with Crippen LogP contribution in [-0.4, -0.2) is 9.97 Å². The second-order valence-corrected chi connectivity index (χ2v) is 10.6. The van der Waals surface area contributed by atoms with Crippen LogP contribution in [0.5, 0.6) is 0 Å². The first-order valence-corrected chi connectivity index (χ1v) is 13.9. The fourth-order valence-corrected chi connectivity index (χ4v) is 6.61. The molecule has 0 radical (unpaired) electrons. The van der Waals surface area contributed by atoms with Crippen molar-refractivity contribution in [2.24, 2.45) is 0 Å². The van der Waals surface area contributed by atoms with E-state index in [0.29, 0.717) is 0 Å². The topological polar surface area (TPSA) is 42.2 Å². The third kappa shape index (κ3) is 3.04. The number of para-hydroxylation sites is 1. The number of aromatic nitrogens is 2. The molecule has 1 aliphatic rings. The highest BCUT2D eigenvalue weighted by molar-refractivity contribution is 6.19. The van der Waals surface area contributed by atoms with Gasteiger partial charge in [-0.2, -0.15) is 0 Å². The monoisotopic (exact) mass is 525 g/mol. The average Bonchev–Trinajstić information content (AvgIpc) is 3.39. The van der Waals surface area contributed by atoms with E-state index >= 15 is 0 Å². The zero-order valence-electron chi connectivity index (χ0n) is 22.3. The van der Waals surface area contributed by atoms with Crippen molar-refractivity contribution in [3.05, 3.63) is 127 Å². The molecule has 0 amide bonds. The summed E-state index contributed by atoms with van der Waals surface area (Å²) in [7, 11) is 0. The second-order valence-electron chi connectivity index (χ2n) is 10.6. The zero-order valence-corrected chi connectivity index (χ0v) is 22.3. The van der Waals surface area contributed by atoms with E-state index in [1.54, 1.807) is 0 Å². The lowest BCUT2D eigenvalue weighted by Gasteiger charge is -2.35. The van der Waals surface area contributed by atoms with E-state index in [4.69, 9.17) is 14.4 Å². The lowest BCUT2D eigenvalue weighted by molar-refractivity contribution is 0.668. The molecular weight excluding hydrogens is 502 g/mol. The number of hydrogen-bond acceptors (Lipinski definition) is 4. The molecule has 0 bridgehead atoms. The summed E-state index contributed by atoms with van der Waals surface area (Å²) in [5, 5.41) is 5.82. The first-order valence-electron chi connectivity index (χ1n) is 13.9. The number of benzene rings is 5. The zero-order chi connectivity index (χ0) is 27.1. The molecule has 192 valence electrons. The van der Waals surface area contributed by atoms with Crippen LogP contribution >= 0.6 is 0 Å². The van der Waals surface area contributed by atoms with Crippen molar-refractivity contribution in [1.29, 1.82) is 0 Å². The summed E-state index contributed by atoms with van der Waals surface area (Å²) in [5.74, 6) is 0.879. The molecular formula is C37H23N3O. The maximum absolute atomic E-state index is 6.49. The minimum Gasteiger partial charge on any atom is -0.454 e. The van der Waals surface area contributed by atoms with Crippen molar-refractivity contribution in [2.75, 3.05) is 4.90 Å². The molecule has 0 saturated heterocycles. The molecule has 8 aromatic rings. The van der Waals surface area contributed by atoms with Crippen LogP contribution in [0.2, 0.25) is 0 Å². The molecule has 0 aliphatic carbocycles. The second kappa shape index (κ2) is 8.26. The van der Waals surface area contributed by atoms with Gasteiger partial charge in [0.05, 0.1) is 22.6 Å². The third-order valence-electron chi connectivity index (χ3n) is 8.40. The molecule has 0 spiro atoms. The van der Waals surface area contributed by atoms with E-state index in [1.165, 1.54) is 32.7 Å². The smallest absolute Gasteiger partial charge is 0.163 e. The summed E-state index contributed by atoms with van der Waals surface area (Å²) in [4.78, 5) is 12.6. The average molecular weight is 526 g/mol. The maximum atomic E-state index is 6.49. The van der Waals surface area contributed by atoms with Crippen molar-refractivity contribution in [2.45, 2.75) is 6.92 Å². The number of furan rings is 1. The first-order chi connectivity index (χ1) is 20.3. The summed E-state index contributed by atoms with van der Waals surface area (Å²) in [6.45, 7) is 2.14. The van der Waals surface area contributed by atoms with Gasteiger partial charge in [0.15, 0.2) is 5.58 Å². The van der Waals surface area contributed by atoms with Crippen LogP contribution in [0.15, 0.2) is 126 Å². The van der Waals surface area contributed by atoms with Crippen molar-refractivity contribution in [3.63, 3.8) is 0 Å². The van der Waals surface area contributed by atoms with Crippen molar-refractivity contribution in [1.82, 2.24) is 9.97 Å². The molecule has 9 rings (SSSR count). The fourth-order valence-electron chi connectivity index (χ4n) is 6.61. The standard InChI is InChI=1S/C37H23N3O/c1-22-32(29-16-6-7-21-38-29)36-34(28-14-4-5-18-31(28)41-36)39-37(22)40-30-17-9-12-24-11-8-15-26(33(24)30)27-20-19-23-10-2-3-13-25(23)35(27)40/h2-21H,1H3. The minimum absolute atomic E-state index is 0.764. The van der Waals surface area contributed by atoms with Gasteiger partial charge >= 0.3 is 0 Å². The van der Waals surface area contributed by atoms with Gasteiger partial charge in [-0.1, -0.05) is 84.9 Å². The largest absolute Gasteiger partial charge is 0.454 e. The summed E-state index contributed by atoms with van der Waals surface area (Å²) in [5.41, 5.74) is 9.99. The van der Waals surface area contributed by atoms with Gasteiger partial charge in [0.25, 0.3) is 0 Å². The van der Waals surface area contributed by atoms with Crippen LogP contribution in [0.1, 0.15) is 5.56 Å². The van der Waals surface area contributed by atoms with Crippen LogP contribution in [-0.2, 0) is 0 Å². The highest BCUT2D eigenvalue weighted by Crippen LogP contribution is 2.54. The molecule has 41 heavy (non-hydrogen) atoms. The Balaban J connectivity index is 1.49. The maximum Gasteiger partial charge on any atom is 0.163 e. The molecule has 0 atom stereocenters. The Hall–Kier alpha value is -5.48. The van der Waals surface area contributed by atoms with Gasteiger partial charge in [-0.05, 0) is 53.6 Å². The Morgan fingerprint density at radius 2 is 1.44 bits per heavy atom. The van der Waals surface area contributed by atoms with Crippen LogP contribution in [0.3, 0.4) is 0 Å². The predicted molar refractivity (Wildman–Crippen MR) is 168 cm³/mol. The highest BCUT2D eigenvalue weighted by Gasteiger charge is 2.31. The molecule has 0 fully saturated rings. The molecule has 3 aromatic heterocycles. The van der Waals surface area contributed by atoms with Crippen LogP contribution in [0.25, 0.3) is 66.0 Å². The van der Waals surface area contributed by atoms with Gasteiger partial charge in [0.1, 0.15) is 16.9 Å². The van der Waals surface area contributed by atoms with Gasteiger partial charge in [-0.15, -0.1) is 0 Å². The van der Waals surface area contributed by atoms with E-state index in [1.807, 2.05) is 42.6 Å². The Labute approximate surface area is 236 Å². The predicted octanol–water partition coefficient (Wildman–Crippen LogP) is 10.1. The number of fused-ring (bicyclic) bond motifs is 7. The molecule has 0 unspecified atom stereocenters. The Bertz CT molecular complexity index is 2330. The molecule has 4 nitrogen and oxygen atoms in total. The summed E-state index contributed by atoms with van der Waals surface area (Å²) < 4.78 is 6.49. The van der Waals surface area contributed by atoms with Crippen LogP contribution in [0, 0.1) is 6.92 Å². The minimum atomic E-state index is 0.764. The van der Waals surface area contributed by atoms with E-state index in [0.717, 1.165) is 56.1 Å². The summed E-state index contributed by atoms with van der Waals surface area (Å²) >= 11 is 0. The Morgan fingerprint density at radius 1 is 0.659 bits per heavy atom. The number of pyridine rings is 2. The van der Waals surface area contributed by atoms with Gasteiger partial charge in [0, 0.05) is 33.5 Å².